The summed E-state index contributed by atoms with van der Waals surface area (Å²) < 4.78 is 1.69. The van der Waals surface area contributed by atoms with Crippen molar-refractivity contribution in [3.05, 3.63) is 30.9 Å². The molecule has 8 heteroatoms. The van der Waals surface area contributed by atoms with Crippen LogP contribution in [0, 0.1) is 22.7 Å². The van der Waals surface area contributed by atoms with Gasteiger partial charge < -0.3 is 4.98 Å². The average molecular weight is 333 g/mol. The fourth-order valence-electron chi connectivity index (χ4n) is 3.72. The first-order chi connectivity index (χ1) is 12.2. The number of hydrogen-bond donors (Lipinski definition) is 1. The van der Waals surface area contributed by atoms with Gasteiger partial charge in [-0.25, -0.2) is 14.5 Å². The minimum atomic E-state index is -0.890. The van der Waals surface area contributed by atoms with Crippen LogP contribution in [-0.4, -0.2) is 37.0 Å². The molecule has 124 valence electrons. The van der Waals surface area contributed by atoms with Crippen LogP contribution >= 0.6 is 0 Å². The molecule has 1 atom stereocenters. The quantitative estimate of drug-likeness (QED) is 0.787. The Labute approximate surface area is 143 Å². The monoisotopic (exact) mass is 333 g/mol. The zero-order chi connectivity index (χ0) is 17.0. The Kier molecular flexibility index (Phi) is 2.77. The van der Waals surface area contributed by atoms with E-state index in [2.05, 4.69) is 26.1 Å². The number of nitriles is 1. The molecule has 1 saturated carbocycles. The summed E-state index contributed by atoms with van der Waals surface area (Å²) in [5, 5.41) is 14.0. The van der Waals surface area contributed by atoms with Gasteiger partial charge in [-0.3, -0.25) is 9.69 Å². The Morgan fingerprint density at radius 2 is 2.24 bits per heavy atom. The minimum Gasteiger partial charge on any atom is -0.343 e. The van der Waals surface area contributed by atoms with Gasteiger partial charge in [0.25, 0.3) is 0 Å². The Morgan fingerprint density at radius 3 is 2.96 bits per heavy atom. The molecule has 8 nitrogen and oxygen atoms in total. The number of H-pyrrole nitrogens is 1. The van der Waals surface area contributed by atoms with Gasteiger partial charge in [-0.1, -0.05) is 0 Å². The number of fused-ring (bicyclic) bond motifs is 1. The molecule has 1 N–H and O–H groups in total. The molecule has 0 bridgehead atoms. The molecule has 2 fully saturated rings. The third kappa shape index (κ3) is 1.92. The maximum atomic E-state index is 13.1. The number of imidazole rings is 1. The van der Waals surface area contributed by atoms with Crippen molar-refractivity contribution in [2.75, 3.05) is 11.4 Å². The van der Waals surface area contributed by atoms with Crippen molar-refractivity contribution in [2.45, 2.75) is 19.3 Å². The fourth-order valence-corrected chi connectivity index (χ4v) is 3.72. The van der Waals surface area contributed by atoms with Gasteiger partial charge in [-0.2, -0.15) is 10.4 Å². The summed E-state index contributed by atoms with van der Waals surface area (Å²) in [5.74, 6) is 1.20. The fraction of sp³-hybridized carbons (Fsp3) is 0.353. The summed E-state index contributed by atoms with van der Waals surface area (Å²) in [6, 6.07) is 4.14. The van der Waals surface area contributed by atoms with E-state index in [0.29, 0.717) is 30.3 Å². The third-order valence-electron chi connectivity index (χ3n) is 5.20. The molecule has 2 aliphatic rings. The van der Waals surface area contributed by atoms with E-state index in [-0.39, 0.29) is 11.8 Å². The first-order valence-corrected chi connectivity index (χ1v) is 8.30. The number of nitrogens with zero attached hydrogens (tertiary/aromatic N) is 6. The summed E-state index contributed by atoms with van der Waals surface area (Å²) in [6.07, 6.45) is 9.28. The zero-order valence-electron chi connectivity index (χ0n) is 13.4. The van der Waals surface area contributed by atoms with Crippen molar-refractivity contribution < 1.29 is 4.79 Å². The molecule has 3 aromatic rings. The molecule has 1 amide bonds. The molecule has 0 spiro atoms. The van der Waals surface area contributed by atoms with Crippen molar-refractivity contribution in [1.29, 1.82) is 5.26 Å². The highest BCUT2D eigenvalue weighted by molar-refractivity contribution is 6.04. The van der Waals surface area contributed by atoms with Crippen molar-refractivity contribution >= 4 is 17.2 Å². The van der Waals surface area contributed by atoms with E-state index in [1.54, 1.807) is 34.2 Å². The van der Waals surface area contributed by atoms with Gasteiger partial charge in [-0.15, -0.1) is 0 Å². The van der Waals surface area contributed by atoms with Gasteiger partial charge in [-0.05, 0) is 31.2 Å². The number of carbonyl (C=O) groups is 1. The highest BCUT2D eigenvalue weighted by Gasteiger charge is 2.57. The van der Waals surface area contributed by atoms with Gasteiger partial charge >= 0.3 is 0 Å². The number of nitrogens with one attached hydrogen (secondary N) is 1. The SMILES string of the molecule is N#C[C@@]1(C2CC2)CCN(c2nc(-c3ncc[nH]3)cn3nccc23)C1=O. The summed E-state index contributed by atoms with van der Waals surface area (Å²) >= 11 is 0. The van der Waals surface area contributed by atoms with Crippen LogP contribution in [0.4, 0.5) is 5.82 Å². The Hall–Kier alpha value is -3.21. The summed E-state index contributed by atoms with van der Waals surface area (Å²) in [4.78, 5) is 26.7. The van der Waals surface area contributed by atoms with Gasteiger partial charge in [0.15, 0.2) is 11.6 Å². The number of anilines is 1. The highest BCUT2D eigenvalue weighted by Crippen LogP contribution is 2.52. The predicted molar refractivity (Wildman–Crippen MR) is 88.3 cm³/mol. The van der Waals surface area contributed by atoms with E-state index >= 15 is 0 Å². The number of hydrogen-bond acceptors (Lipinski definition) is 5. The first kappa shape index (κ1) is 14.2. The van der Waals surface area contributed by atoms with E-state index in [0.717, 1.165) is 18.4 Å². The number of aromatic amines is 1. The molecular formula is C17H15N7O. The van der Waals surface area contributed by atoms with E-state index in [1.165, 1.54) is 0 Å². The molecular weight excluding hydrogens is 318 g/mol. The lowest BCUT2D eigenvalue weighted by molar-refractivity contribution is -0.123. The first-order valence-electron chi connectivity index (χ1n) is 8.30. The largest absolute Gasteiger partial charge is 0.343 e. The van der Waals surface area contributed by atoms with Crippen LogP contribution in [0.5, 0.6) is 0 Å². The van der Waals surface area contributed by atoms with Crippen molar-refractivity contribution in [3.8, 4) is 17.6 Å². The van der Waals surface area contributed by atoms with Crippen LogP contribution in [0.1, 0.15) is 19.3 Å². The van der Waals surface area contributed by atoms with Gasteiger partial charge in [0.2, 0.25) is 5.91 Å². The lowest BCUT2D eigenvalue weighted by atomic mass is 9.83. The molecule has 0 unspecified atom stereocenters. The average Bonchev–Trinajstić information content (AvgIpc) is 3.05. The Morgan fingerprint density at radius 1 is 1.36 bits per heavy atom. The van der Waals surface area contributed by atoms with E-state index in [1.807, 2.05) is 6.07 Å². The van der Waals surface area contributed by atoms with Gasteiger partial charge in [0, 0.05) is 18.9 Å². The van der Waals surface area contributed by atoms with Crippen LogP contribution in [0.3, 0.4) is 0 Å². The van der Waals surface area contributed by atoms with Crippen LogP contribution in [0.25, 0.3) is 17.0 Å². The normalized spacial score (nSPS) is 23.3. The van der Waals surface area contributed by atoms with E-state index < -0.39 is 5.41 Å². The second-order valence-corrected chi connectivity index (χ2v) is 6.61. The topological polar surface area (TPSA) is 103 Å². The molecule has 5 rings (SSSR count). The second-order valence-electron chi connectivity index (χ2n) is 6.61. The lowest BCUT2D eigenvalue weighted by Crippen LogP contribution is -2.36. The predicted octanol–water partition coefficient (Wildman–Crippen LogP) is 1.78. The van der Waals surface area contributed by atoms with Crippen molar-refractivity contribution in [3.63, 3.8) is 0 Å². The van der Waals surface area contributed by atoms with Gasteiger partial charge in [0.05, 0.1) is 18.5 Å². The Bertz CT molecular complexity index is 1010. The summed E-state index contributed by atoms with van der Waals surface area (Å²) in [7, 11) is 0. The third-order valence-corrected chi connectivity index (χ3v) is 5.20. The standard InChI is InChI=1S/C17H15N7O/c18-10-17(11-1-2-11)4-8-23(16(17)25)15-13-3-5-21-24(13)9-12(22-15)14-19-6-7-20-14/h3,5-7,9,11H,1-2,4,8H2,(H,19,20)/t17-/m1/s1. The second kappa shape index (κ2) is 4.89. The summed E-state index contributed by atoms with van der Waals surface area (Å²) in [5.41, 5.74) is 0.456. The molecule has 1 aliphatic heterocycles. The smallest absolute Gasteiger partial charge is 0.249 e. The van der Waals surface area contributed by atoms with Crippen molar-refractivity contribution in [2.24, 2.45) is 11.3 Å². The molecule has 1 aliphatic carbocycles. The number of aromatic nitrogens is 5. The minimum absolute atomic E-state index is 0.135. The number of amides is 1. The van der Waals surface area contributed by atoms with Crippen LogP contribution in [-0.2, 0) is 4.79 Å². The molecule has 0 radical (unpaired) electrons. The van der Waals surface area contributed by atoms with Crippen LogP contribution < -0.4 is 4.90 Å². The maximum absolute atomic E-state index is 13.1. The molecule has 25 heavy (non-hydrogen) atoms. The number of carbonyl (C=O) groups excluding carboxylic acids is 1. The van der Waals surface area contributed by atoms with Crippen molar-refractivity contribution in [1.82, 2.24) is 24.6 Å². The van der Waals surface area contributed by atoms with E-state index in [9.17, 15) is 10.1 Å². The summed E-state index contributed by atoms with van der Waals surface area (Å²) in [6.45, 7) is 0.498. The lowest BCUT2D eigenvalue weighted by Gasteiger charge is -2.21. The maximum Gasteiger partial charge on any atom is 0.249 e. The van der Waals surface area contributed by atoms with E-state index in [4.69, 9.17) is 0 Å². The molecule has 1 saturated heterocycles. The highest BCUT2D eigenvalue weighted by atomic mass is 16.2. The molecule has 0 aromatic carbocycles. The Balaban J connectivity index is 1.65. The molecule has 3 aromatic heterocycles. The zero-order valence-corrected chi connectivity index (χ0v) is 13.4. The number of rotatable bonds is 3. The van der Waals surface area contributed by atoms with Crippen LogP contribution in [0.2, 0.25) is 0 Å². The van der Waals surface area contributed by atoms with Crippen LogP contribution in [0.15, 0.2) is 30.9 Å². The van der Waals surface area contributed by atoms with Gasteiger partial charge in [0.1, 0.15) is 16.6 Å². The molecule has 4 heterocycles.